The van der Waals surface area contributed by atoms with Crippen LogP contribution in [0, 0.1) is 0 Å². The Labute approximate surface area is 169 Å². The lowest BCUT2D eigenvalue weighted by Gasteiger charge is -2.37. The van der Waals surface area contributed by atoms with Crippen molar-refractivity contribution in [2.24, 2.45) is 9.98 Å². The van der Waals surface area contributed by atoms with Crippen LogP contribution >= 0.6 is 69.6 Å². The highest BCUT2D eigenvalue weighted by atomic mass is 35.6. The second-order valence-corrected chi connectivity index (χ2v) is 9.24. The van der Waals surface area contributed by atoms with Gasteiger partial charge in [-0.1, -0.05) is 106 Å². The van der Waals surface area contributed by atoms with Gasteiger partial charge in [0.25, 0.3) is 0 Å². The molecule has 24 heavy (non-hydrogen) atoms. The molecule has 1 aromatic rings. The van der Waals surface area contributed by atoms with E-state index < -0.39 is 13.8 Å². The minimum Gasteiger partial charge on any atom is -0.273 e. The Morgan fingerprint density at radius 2 is 1.67 bits per heavy atom. The second kappa shape index (κ2) is 8.00. The van der Waals surface area contributed by atoms with E-state index in [0.717, 1.165) is 10.6 Å². The lowest BCUT2D eigenvalue weighted by molar-refractivity contribution is -0.0962. The molecule has 1 aliphatic heterocycles. The van der Waals surface area contributed by atoms with Crippen molar-refractivity contribution in [2.75, 3.05) is 7.11 Å². The Balaban J connectivity index is 2.43. The summed E-state index contributed by atoms with van der Waals surface area (Å²) < 4.78 is -3.73. The van der Waals surface area contributed by atoms with Gasteiger partial charge in [0, 0.05) is 0 Å². The van der Waals surface area contributed by atoms with Crippen LogP contribution < -0.4 is 0 Å². The average Bonchev–Trinajstić information content (AvgIpc) is 2.51. The Bertz CT molecular complexity index is 663. The van der Waals surface area contributed by atoms with Gasteiger partial charge in [-0.15, -0.1) is 0 Å². The zero-order valence-electron chi connectivity index (χ0n) is 12.1. The largest absolute Gasteiger partial charge is 0.273 e. The average molecular weight is 450 g/mol. The molecule has 0 saturated carbocycles. The van der Waals surface area contributed by atoms with Crippen LogP contribution in [0.1, 0.15) is 5.56 Å². The maximum absolute atomic E-state index is 5.98. The summed E-state index contributed by atoms with van der Waals surface area (Å²) in [5, 5.41) is 1.06. The van der Waals surface area contributed by atoms with Gasteiger partial charge in [0.15, 0.2) is 17.8 Å². The topological polar surface area (TPSA) is 37.2 Å². The van der Waals surface area contributed by atoms with Crippen LogP contribution in [-0.2, 0) is 4.84 Å². The van der Waals surface area contributed by atoms with Crippen LogP contribution in [0.15, 0.2) is 46.4 Å². The third-order valence-corrected chi connectivity index (χ3v) is 3.97. The van der Waals surface area contributed by atoms with Gasteiger partial charge >= 0.3 is 0 Å². The van der Waals surface area contributed by atoms with E-state index in [-0.39, 0.29) is 11.7 Å². The molecule has 1 aromatic carbocycles. The van der Waals surface area contributed by atoms with E-state index in [4.69, 9.17) is 74.4 Å². The fourth-order valence-corrected chi connectivity index (χ4v) is 2.67. The van der Waals surface area contributed by atoms with Gasteiger partial charge < -0.3 is 0 Å². The minimum atomic E-state index is -1.90. The molecule has 2 rings (SSSR count). The van der Waals surface area contributed by atoms with E-state index in [1.807, 2.05) is 30.3 Å². The number of halogens is 6. The van der Waals surface area contributed by atoms with Crippen molar-refractivity contribution in [3.8, 4) is 0 Å². The van der Waals surface area contributed by atoms with E-state index >= 15 is 0 Å². The van der Waals surface area contributed by atoms with Crippen molar-refractivity contribution in [1.29, 1.82) is 0 Å². The number of alkyl halides is 6. The lowest BCUT2D eigenvalue weighted by Crippen LogP contribution is -2.52. The fourth-order valence-electron chi connectivity index (χ4n) is 1.88. The number of rotatable bonds is 3. The summed E-state index contributed by atoms with van der Waals surface area (Å²) in [4.78, 5) is 13.6. The molecule has 1 atom stereocenters. The summed E-state index contributed by atoms with van der Waals surface area (Å²) in [7, 11) is 1.33. The van der Waals surface area contributed by atoms with Gasteiger partial charge in [-0.25, -0.2) is 15.0 Å². The quantitative estimate of drug-likeness (QED) is 0.576. The number of amidine groups is 2. The molecule has 1 heterocycles. The first-order valence-corrected chi connectivity index (χ1v) is 8.76. The first kappa shape index (κ1) is 20.1. The number of hydroxylamine groups is 2. The Morgan fingerprint density at radius 3 is 2.17 bits per heavy atom. The Morgan fingerprint density at radius 1 is 1.04 bits per heavy atom. The Kier molecular flexibility index (Phi) is 6.71. The molecule has 0 bridgehead atoms. The van der Waals surface area contributed by atoms with E-state index in [2.05, 4.69) is 9.98 Å². The number of hydrogen-bond donors (Lipinski definition) is 0. The summed E-state index contributed by atoms with van der Waals surface area (Å²) in [6.45, 7) is 0. The molecule has 1 unspecified atom stereocenters. The molecular formula is C14H11Cl6N3O. The molecule has 0 radical (unpaired) electrons. The van der Waals surface area contributed by atoms with E-state index in [1.54, 1.807) is 12.2 Å². The van der Waals surface area contributed by atoms with E-state index in [0.29, 0.717) is 0 Å². The summed E-state index contributed by atoms with van der Waals surface area (Å²) in [6.07, 6.45) is 2.34. The van der Waals surface area contributed by atoms with Crippen LogP contribution in [0.5, 0.6) is 0 Å². The van der Waals surface area contributed by atoms with E-state index in [9.17, 15) is 0 Å². The number of nitrogens with zero attached hydrogens (tertiary/aromatic N) is 3. The number of benzene rings is 1. The zero-order valence-corrected chi connectivity index (χ0v) is 16.7. The molecule has 0 saturated heterocycles. The van der Waals surface area contributed by atoms with Crippen LogP contribution in [0.2, 0.25) is 0 Å². The molecular weight excluding hydrogens is 439 g/mol. The van der Waals surface area contributed by atoms with Crippen molar-refractivity contribution >= 4 is 87.4 Å². The number of hydrogen-bond acceptors (Lipinski definition) is 4. The highest BCUT2D eigenvalue weighted by molar-refractivity contribution is 6.77. The lowest BCUT2D eigenvalue weighted by atomic mass is 10.2. The normalized spacial score (nSPS) is 19.5. The highest BCUT2D eigenvalue weighted by Crippen LogP contribution is 2.40. The third kappa shape index (κ3) is 5.15. The van der Waals surface area contributed by atoms with Crippen LogP contribution in [-0.4, -0.2) is 37.6 Å². The summed E-state index contributed by atoms with van der Waals surface area (Å²) in [6, 6.07) is 9.52. The van der Waals surface area contributed by atoms with Gasteiger partial charge in [0.2, 0.25) is 7.59 Å². The molecule has 130 valence electrons. The summed E-state index contributed by atoms with van der Waals surface area (Å²) in [5.74, 6) is 0.166. The number of aliphatic imine (C=N–C) groups is 2. The van der Waals surface area contributed by atoms with Crippen LogP contribution in [0.25, 0.3) is 6.08 Å². The first-order valence-electron chi connectivity index (χ1n) is 6.50. The summed E-state index contributed by atoms with van der Waals surface area (Å²) >= 11 is 35.8. The predicted octanol–water partition coefficient (Wildman–Crippen LogP) is 5.44. The predicted molar refractivity (Wildman–Crippen MR) is 104 cm³/mol. The van der Waals surface area contributed by atoms with Crippen LogP contribution in [0.3, 0.4) is 0 Å². The molecule has 0 aromatic heterocycles. The highest BCUT2D eigenvalue weighted by Gasteiger charge is 2.47. The standard InChI is InChI=1S/C14H11Cl6N3O/c1-24-23-11(13(15,16)17)21-10(22-12(23)14(18,19)20)8-7-9-5-3-2-4-6-9/h2-8,11H,1H3. The molecule has 0 spiro atoms. The van der Waals surface area contributed by atoms with Crippen LogP contribution in [0.4, 0.5) is 0 Å². The van der Waals surface area contributed by atoms with Gasteiger partial charge in [-0.3, -0.25) is 4.84 Å². The smallest absolute Gasteiger partial charge is 0.250 e. The molecule has 10 heteroatoms. The first-order chi connectivity index (χ1) is 11.1. The molecule has 4 nitrogen and oxygen atoms in total. The van der Waals surface area contributed by atoms with Gasteiger partial charge in [0.05, 0.1) is 7.11 Å². The van der Waals surface area contributed by atoms with Crippen molar-refractivity contribution < 1.29 is 4.84 Å². The van der Waals surface area contributed by atoms with E-state index in [1.165, 1.54) is 7.11 Å². The maximum atomic E-state index is 5.98. The van der Waals surface area contributed by atoms with Crippen molar-refractivity contribution in [3.63, 3.8) is 0 Å². The SMILES string of the molecule is CON1C(C(Cl)(Cl)Cl)=NC(C=Cc2ccccc2)=NC1C(Cl)(Cl)Cl. The molecule has 1 aliphatic rings. The molecule has 0 amide bonds. The van der Waals surface area contributed by atoms with Crippen molar-refractivity contribution in [3.05, 3.63) is 42.0 Å². The monoisotopic (exact) mass is 447 g/mol. The van der Waals surface area contributed by atoms with Crippen molar-refractivity contribution in [1.82, 2.24) is 5.06 Å². The second-order valence-electron chi connectivity index (χ2n) is 4.59. The molecule has 0 aliphatic carbocycles. The third-order valence-electron chi connectivity index (χ3n) is 2.87. The summed E-state index contributed by atoms with van der Waals surface area (Å²) in [5.41, 5.74) is 0.936. The van der Waals surface area contributed by atoms with Gasteiger partial charge in [0.1, 0.15) is 0 Å². The minimum absolute atomic E-state index is 0.0611. The van der Waals surface area contributed by atoms with Gasteiger partial charge in [-0.05, 0) is 11.6 Å². The maximum Gasteiger partial charge on any atom is 0.250 e. The zero-order chi connectivity index (χ0) is 18.0. The fraction of sp³-hybridized carbons (Fsp3) is 0.286. The molecule has 0 fully saturated rings. The van der Waals surface area contributed by atoms with Crippen molar-refractivity contribution in [2.45, 2.75) is 13.8 Å². The Hall–Kier alpha value is -0.200. The molecule has 0 N–H and O–H groups in total. The van der Waals surface area contributed by atoms with Gasteiger partial charge in [-0.2, -0.15) is 0 Å².